The molecule has 0 spiro atoms. The maximum Gasteiger partial charge on any atom is 0.298 e. The lowest BCUT2D eigenvalue weighted by atomic mass is 10.3. The third-order valence-corrected chi connectivity index (χ3v) is 6.82. The van der Waals surface area contributed by atoms with E-state index in [1.54, 1.807) is 0 Å². The summed E-state index contributed by atoms with van der Waals surface area (Å²) in [6.07, 6.45) is 0. The van der Waals surface area contributed by atoms with Crippen LogP contribution in [0.2, 0.25) is 39.3 Å². The van der Waals surface area contributed by atoms with Gasteiger partial charge in [0.1, 0.15) is 5.75 Å². The Bertz CT molecular complexity index is 382. The minimum atomic E-state index is -1.49. The zero-order chi connectivity index (χ0) is 13.3. The van der Waals surface area contributed by atoms with Crippen molar-refractivity contribution in [1.29, 1.82) is 0 Å². The van der Waals surface area contributed by atoms with Crippen LogP contribution in [0.4, 0.5) is 0 Å². The highest BCUT2D eigenvalue weighted by Crippen LogP contribution is 2.16. The van der Waals surface area contributed by atoms with E-state index in [0.29, 0.717) is 6.47 Å². The number of carbonyl (C=O) groups excluding carboxylic acids is 1. The molecule has 0 heterocycles. The van der Waals surface area contributed by atoms with E-state index in [1.165, 1.54) is 10.4 Å². The van der Waals surface area contributed by atoms with E-state index in [0.717, 1.165) is 5.75 Å². The fourth-order valence-electron chi connectivity index (χ4n) is 1.89. The van der Waals surface area contributed by atoms with Crippen LogP contribution < -0.4 is 15.1 Å². The average Bonchev–Trinajstić information content (AvgIpc) is 2.15. The van der Waals surface area contributed by atoms with Crippen molar-refractivity contribution in [3.05, 3.63) is 18.2 Å². The second-order valence-corrected chi connectivity index (χ2v) is 16.5. The van der Waals surface area contributed by atoms with Gasteiger partial charge in [0.25, 0.3) is 6.47 Å². The molecule has 2 nitrogen and oxygen atoms in total. The predicted octanol–water partition coefficient (Wildman–Crippen LogP) is 2.31. The Hall–Kier alpha value is -0.876. The van der Waals surface area contributed by atoms with Crippen molar-refractivity contribution < 1.29 is 9.53 Å². The van der Waals surface area contributed by atoms with Crippen molar-refractivity contribution >= 4 is 33.0 Å². The van der Waals surface area contributed by atoms with Gasteiger partial charge >= 0.3 is 0 Å². The standard InChI is InChI=1S/C13H22O2Si2/c1-16(2,3)11-8-7-9-12(17(4,5)6)13(11)15-10-14/h7-10H,1-6H3. The number of hydrogen-bond acceptors (Lipinski definition) is 2. The minimum Gasteiger partial charge on any atom is -0.429 e. The van der Waals surface area contributed by atoms with Crippen molar-refractivity contribution in [3.8, 4) is 5.75 Å². The van der Waals surface area contributed by atoms with Gasteiger partial charge < -0.3 is 4.74 Å². The van der Waals surface area contributed by atoms with E-state index >= 15 is 0 Å². The zero-order valence-corrected chi connectivity index (χ0v) is 13.6. The molecule has 0 bridgehead atoms. The summed E-state index contributed by atoms with van der Waals surface area (Å²) >= 11 is 0. The molecule has 0 saturated heterocycles. The molecule has 1 aromatic rings. The van der Waals surface area contributed by atoms with Gasteiger partial charge in [-0.05, 0) is 10.4 Å². The van der Waals surface area contributed by atoms with E-state index < -0.39 is 16.1 Å². The van der Waals surface area contributed by atoms with Gasteiger partial charge in [0.05, 0.1) is 16.1 Å². The average molecular weight is 266 g/mol. The molecule has 1 rings (SSSR count). The van der Waals surface area contributed by atoms with Crippen molar-refractivity contribution in [2.75, 3.05) is 0 Å². The molecule has 1 aromatic carbocycles. The summed E-state index contributed by atoms with van der Waals surface area (Å²) in [5.74, 6) is 0.834. The fourth-order valence-corrected chi connectivity index (χ4v) is 4.96. The van der Waals surface area contributed by atoms with Crippen LogP contribution in [0.25, 0.3) is 0 Å². The van der Waals surface area contributed by atoms with Crippen molar-refractivity contribution in [3.63, 3.8) is 0 Å². The first kappa shape index (κ1) is 14.2. The van der Waals surface area contributed by atoms with E-state index in [9.17, 15) is 4.79 Å². The predicted molar refractivity (Wildman–Crippen MR) is 79.1 cm³/mol. The zero-order valence-electron chi connectivity index (χ0n) is 11.6. The van der Waals surface area contributed by atoms with Gasteiger partial charge in [-0.1, -0.05) is 57.5 Å². The highest BCUT2D eigenvalue weighted by Gasteiger charge is 2.28. The van der Waals surface area contributed by atoms with Gasteiger partial charge in [0.15, 0.2) is 0 Å². The molecule has 0 unspecified atom stereocenters. The monoisotopic (exact) mass is 266 g/mol. The Labute approximate surface area is 106 Å². The van der Waals surface area contributed by atoms with E-state index in [-0.39, 0.29) is 0 Å². The van der Waals surface area contributed by atoms with E-state index in [1.807, 2.05) is 0 Å². The van der Waals surface area contributed by atoms with Crippen LogP contribution in [-0.4, -0.2) is 22.6 Å². The maximum atomic E-state index is 10.7. The molecular weight excluding hydrogens is 244 g/mol. The molecule has 0 aliphatic heterocycles. The number of hydrogen-bond donors (Lipinski definition) is 0. The first-order valence-electron chi connectivity index (χ1n) is 5.92. The topological polar surface area (TPSA) is 26.3 Å². The van der Waals surface area contributed by atoms with Crippen LogP contribution in [0.3, 0.4) is 0 Å². The van der Waals surface area contributed by atoms with Crippen LogP contribution in [0, 0.1) is 0 Å². The quantitative estimate of drug-likeness (QED) is 0.617. The molecule has 0 radical (unpaired) electrons. The van der Waals surface area contributed by atoms with Crippen LogP contribution >= 0.6 is 0 Å². The third kappa shape index (κ3) is 3.29. The molecular formula is C13H22O2Si2. The normalized spacial score (nSPS) is 12.4. The molecule has 4 heteroatoms. The molecule has 0 aliphatic rings. The third-order valence-electron chi connectivity index (χ3n) is 2.80. The summed E-state index contributed by atoms with van der Waals surface area (Å²) in [6.45, 7) is 14.2. The Morgan fingerprint density at radius 2 is 1.35 bits per heavy atom. The molecule has 0 aromatic heterocycles. The summed E-state index contributed by atoms with van der Waals surface area (Å²) in [6, 6.07) is 6.31. The van der Waals surface area contributed by atoms with Gasteiger partial charge in [-0.25, -0.2) is 0 Å². The number of ether oxygens (including phenoxy) is 1. The van der Waals surface area contributed by atoms with Gasteiger partial charge in [-0.2, -0.15) is 0 Å². The summed E-state index contributed by atoms with van der Waals surface area (Å²) in [5.41, 5.74) is 0. The maximum absolute atomic E-state index is 10.7. The van der Waals surface area contributed by atoms with Crippen molar-refractivity contribution in [2.45, 2.75) is 39.3 Å². The van der Waals surface area contributed by atoms with Gasteiger partial charge in [-0.15, -0.1) is 0 Å². The SMILES string of the molecule is C[Si](C)(C)c1cccc([Si](C)(C)C)c1OC=O. The van der Waals surface area contributed by atoms with Crippen LogP contribution in [0.1, 0.15) is 0 Å². The second kappa shape index (κ2) is 4.78. The van der Waals surface area contributed by atoms with Crippen LogP contribution in [0.15, 0.2) is 18.2 Å². The minimum absolute atomic E-state index is 0.558. The Morgan fingerprint density at radius 3 is 1.65 bits per heavy atom. The molecule has 0 saturated carbocycles. The van der Waals surface area contributed by atoms with Gasteiger partial charge in [0, 0.05) is 0 Å². The smallest absolute Gasteiger partial charge is 0.298 e. The molecule has 0 aliphatic carbocycles. The lowest BCUT2D eigenvalue weighted by molar-refractivity contribution is -0.120. The summed E-state index contributed by atoms with van der Waals surface area (Å²) in [4.78, 5) is 10.7. The first-order chi connectivity index (χ1) is 7.68. The Balaban J connectivity index is 3.48. The molecule has 0 N–H and O–H groups in total. The number of rotatable bonds is 4. The summed E-state index contributed by atoms with van der Waals surface area (Å²) in [5, 5.41) is 2.48. The fraction of sp³-hybridized carbons (Fsp3) is 0.462. The van der Waals surface area contributed by atoms with E-state index in [2.05, 4.69) is 57.5 Å². The summed E-state index contributed by atoms with van der Waals surface area (Å²) in [7, 11) is -2.97. The molecule has 0 amide bonds. The number of benzene rings is 1. The van der Waals surface area contributed by atoms with E-state index in [4.69, 9.17) is 4.74 Å². The first-order valence-corrected chi connectivity index (χ1v) is 12.9. The van der Waals surface area contributed by atoms with Gasteiger partial charge in [-0.3, -0.25) is 4.79 Å². The van der Waals surface area contributed by atoms with Crippen molar-refractivity contribution in [1.82, 2.24) is 0 Å². The van der Waals surface area contributed by atoms with Gasteiger partial charge in [0.2, 0.25) is 0 Å². The number of carbonyl (C=O) groups is 1. The Kier molecular flexibility index (Phi) is 3.99. The van der Waals surface area contributed by atoms with Crippen molar-refractivity contribution in [2.24, 2.45) is 0 Å². The molecule has 0 atom stereocenters. The van der Waals surface area contributed by atoms with Crippen LogP contribution in [-0.2, 0) is 4.79 Å². The molecule has 17 heavy (non-hydrogen) atoms. The highest BCUT2D eigenvalue weighted by molar-refractivity contribution is 6.92. The molecule has 0 fully saturated rings. The summed E-state index contributed by atoms with van der Waals surface area (Å²) < 4.78 is 5.31. The second-order valence-electron chi connectivity index (χ2n) is 6.40. The lowest BCUT2D eigenvalue weighted by Gasteiger charge is -2.26. The molecule has 94 valence electrons. The largest absolute Gasteiger partial charge is 0.429 e. The highest BCUT2D eigenvalue weighted by atomic mass is 28.3. The Morgan fingerprint density at radius 1 is 0.941 bits per heavy atom. The van der Waals surface area contributed by atoms with Crippen LogP contribution in [0.5, 0.6) is 5.75 Å². The number of para-hydroxylation sites is 1. The lowest BCUT2D eigenvalue weighted by Crippen LogP contribution is -2.46.